The Balaban J connectivity index is 1.49. The number of nitriles is 1. The van der Waals surface area contributed by atoms with E-state index in [1.165, 1.54) is 68.9 Å². The van der Waals surface area contributed by atoms with Gasteiger partial charge in [-0.1, -0.05) is 89.5 Å². The molecule has 0 aliphatic heterocycles. The molecule has 0 radical (unpaired) electrons. The van der Waals surface area contributed by atoms with Crippen LogP contribution in [-0.2, 0) is 6.42 Å². The molecule has 1 heterocycles. The Labute approximate surface area is 202 Å². The second-order valence-corrected chi connectivity index (χ2v) is 10.2. The van der Waals surface area contributed by atoms with Crippen LogP contribution in [0.15, 0.2) is 36.7 Å². The maximum Gasteiger partial charge on any atom is 0.159 e. The lowest BCUT2D eigenvalue weighted by molar-refractivity contribution is 0.223. The Kier molecular flexibility index (Phi) is 10.4. The van der Waals surface area contributed by atoms with E-state index in [9.17, 15) is 5.26 Å². The summed E-state index contributed by atoms with van der Waals surface area (Å²) in [4.78, 5) is 9.28. The lowest BCUT2D eigenvalue weighted by Crippen LogP contribution is -2.25. The van der Waals surface area contributed by atoms with Crippen LogP contribution < -0.4 is 0 Å². The number of aryl methyl sites for hydroxylation is 1. The van der Waals surface area contributed by atoms with Crippen molar-refractivity contribution in [1.29, 1.82) is 5.26 Å². The molecule has 0 bridgehead atoms. The fourth-order valence-corrected chi connectivity index (χ4v) is 5.28. The van der Waals surface area contributed by atoms with Crippen molar-refractivity contribution in [2.24, 2.45) is 5.41 Å². The van der Waals surface area contributed by atoms with E-state index in [1.807, 2.05) is 12.4 Å². The zero-order chi connectivity index (χ0) is 23.4. The number of rotatable bonds is 13. The molecule has 3 nitrogen and oxygen atoms in total. The van der Waals surface area contributed by atoms with Crippen molar-refractivity contribution in [3.63, 3.8) is 0 Å². The smallest absolute Gasteiger partial charge is 0.159 e. The SMILES string of the molecule is CCCCCCCCc1cnc(-c2ccc(C3CCC(C#N)(CCCCC)CC3)cc2)nc1. The monoisotopic (exact) mass is 445 g/mol. The lowest BCUT2D eigenvalue weighted by Gasteiger charge is -2.35. The van der Waals surface area contributed by atoms with Crippen LogP contribution in [0.3, 0.4) is 0 Å². The number of benzene rings is 1. The molecule has 1 aliphatic rings. The van der Waals surface area contributed by atoms with Crippen molar-refractivity contribution < 1.29 is 0 Å². The summed E-state index contributed by atoms with van der Waals surface area (Å²) in [6, 6.07) is 11.5. The van der Waals surface area contributed by atoms with Crippen LogP contribution in [0.1, 0.15) is 121 Å². The predicted molar refractivity (Wildman–Crippen MR) is 138 cm³/mol. The standard InChI is InChI=1S/C30H43N3/c1-3-5-7-8-9-10-12-25-22-32-29(33-23-25)28-15-13-26(14-16-28)27-17-20-30(24-31,21-18-27)19-11-6-4-2/h13-16,22-23,27H,3-12,17-21H2,1-2H3. The van der Waals surface area contributed by atoms with Crippen molar-refractivity contribution in [3.05, 3.63) is 47.8 Å². The molecular weight excluding hydrogens is 402 g/mol. The van der Waals surface area contributed by atoms with Crippen molar-refractivity contribution in [2.45, 2.75) is 116 Å². The highest BCUT2D eigenvalue weighted by atomic mass is 14.9. The molecule has 1 fully saturated rings. The number of hydrogen-bond acceptors (Lipinski definition) is 3. The van der Waals surface area contributed by atoms with Gasteiger partial charge in [0.15, 0.2) is 5.82 Å². The van der Waals surface area contributed by atoms with E-state index in [-0.39, 0.29) is 5.41 Å². The molecule has 0 amide bonds. The van der Waals surface area contributed by atoms with Gasteiger partial charge in [-0.25, -0.2) is 9.97 Å². The Morgan fingerprint density at radius 2 is 1.45 bits per heavy atom. The van der Waals surface area contributed by atoms with Crippen molar-refractivity contribution in [1.82, 2.24) is 9.97 Å². The molecule has 0 spiro atoms. The van der Waals surface area contributed by atoms with Crippen LogP contribution in [0.2, 0.25) is 0 Å². The molecule has 0 N–H and O–H groups in total. The molecule has 1 saturated carbocycles. The minimum atomic E-state index is -0.0727. The molecule has 0 atom stereocenters. The van der Waals surface area contributed by atoms with Gasteiger partial charge in [0.1, 0.15) is 0 Å². The summed E-state index contributed by atoms with van der Waals surface area (Å²) in [5.74, 6) is 1.39. The Hall–Kier alpha value is -2.21. The molecule has 2 aromatic rings. The van der Waals surface area contributed by atoms with Gasteiger partial charge < -0.3 is 0 Å². The van der Waals surface area contributed by atoms with Gasteiger partial charge in [0.25, 0.3) is 0 Å². The fourth-order valence-electron chi connectivity index (χ4n) is 5.28. The second-order valence-electron chi connectivity index (χ2n) is 10.2. The molecular formula is C30H43N3. The van der Waals surface area contributed by atoms with Crippen LogP contribution in [0, 0.1) is 16.7 Å². The number of unbranched alkanes of at least 4 members (excludes halogenated alkanes) is 7. The third-order valence-corrected chi connectivity index (χ3v) is 7.60. The van der Waals surface area contributed by atoms with Gasteiger partial charge >= 0.3 is 0 Å². The van der Waals surface area contributed by atoms with Crippen LogP contribution >= 0.6 is 0 Å². The number of hydrogen-bond donors (Lipinski definition) is 0. The summed E-state index contributed by atoms with van der Waals surface area (Å²) in [6.45, 7) is 4.49. The largest absolute Gasteiger partial charge is 0.236 e. The quantitative estimate of drug-likeness (QED) is 0.289. The van der Waals surface area contributed by atoms with Crippen LogP contribution in [0.5, 0.6) is 0 Å². The summed E-state index contributed by atoms with van der Waals surface area (Å²) < 4.78 is 0. The highest BCUT2D eigenvalue weighted by molar-refractivity contribution is 5.55. The molecule has 33 heavy (non-hydrogen) atoms. The maximum atomic E-state index is 9.81. The second kappa shape index (κ2) is 13.5. The predicted octanol–water partition coefficient (Wildman–Crippen LogP) is 8.79. The van der Waals surface area contributed by atoms with E-state index in [0.29, 0.717) is 5.92 Å². The van der Waals surface area contributed by atoms with Crippen molar-refractivity contribution in [2.75, 3.05) is 0 Å². The lowest BCUT2D eigenvalue weighted by atomic mass is 9.67. The van der Waals surface area contributed by atoms with Gasteiger partial charge in [-0.15, -0.1) is 0 Å². The van der Waals surface area contributed by atoms with Crippen molar-refractivity contribution in [3.8, 4) is 17.5 Å². The van der Waals surface area contributed by atoms with Crippen LogP contribution in [0.4, 0.5) is 0 Å². The van der Waals surface area contributed by atoms with Gasteiger partial charge in [-0.3, -0.25) is 0 Å². The Morgan fingerprint density at radius 3 is 2.09 bits per heavy atom. The Bertz CT molecular complexity index is 840. The highest BCUT2D eigenvalue weighted by Crippen LogP contribution is 2.45. The first-order chi connectivity index (χ1) is 16.2. The zero-order valence-corrected chi connectivity index (χ0v) is 21.0. The normalized spacial score (nSPS) is 20.5. The molecule has 3 rings (SSSR count). The third kappa shape index (κ3) is 7.66. The van der Waals surface area contributed by atoms with Crippen LogP contribution in [-0.4, -0.2) is 9.97 Å². The summed E-state index contributed by atoms with van der Waals surface area (Å²) in [6.07, 6.45) is 22.1. The minimum absolute atomic E-state index is 0.0727. The highest BCUT2D eigenvalue weighted by Gasteiger charge is 2.35. The number of aromatic nitrogens is 2. The van der Waals surface area contributed by atoms with Gasteiger partial charge in [-0.2, -0.15) is 5.26 Å². The third-order valence-electron chi connectivity index (χ3n) is 7.60. The van der Waals surface area contributed by atoms with E-state index in [2.05, 4.69) is 54.2 Å². The average molecular weight is 446 g/mol. The topological polar surface area (TPSA) is 49.6 Å². The first-order valence-corrected chi connectivity index (χ1v) is 13.5. The van der Waals surface area contributed by atoms with Gasteiger partial charge in [0.2, 0.25) is 0 Å². The van der Waals surface area contributed by atoms with E-state index in [4.69, 9.17) is 0 Å². The molecule has 1 aliphatic carbocycles. The maximum absolute atomic E-state index is 9.81. The van der Waals surface area contributed by atoms with Crippen molar-refractivity contribution >= 4 is 0 Å². The molecule has 0 saturated heterocycles. The summed E-state index contributed by atoms with van der Waals surface area (Å²) in [5.41, 5.74) is 3.66. The first kappa shape index (κ1) is 25.4. The minimum Gasteiger partial charge on any atom is -0.236 e. The molecule has 1 aromatic carbocycles. The van der Waals surface area contributed by atoms with E-state index < -0.39 is 0 Å². The van der Waals surface area contributed by atoms with Gasteiger partial charge in [0.05, 0.1) is 11.5 Å². The van der Waals surface area contributed by atoms with E-state index in [1.54, 1.807) is 0 Å². The average Bonchev–Trinajstić information content (AvgIpc) is 2.87. The summed E-state index contributed by atoms with van der Waals surface area (Å²) in [7, 11) is 0. The number of nitrogens with zero attached hydrogens (tertiary/aromatic N) is 3. The van der Waals surface area contributed by atoms with Gasteiger partial charge in [0, 0.05) is 18.0 Å². The van der Waals surface area contributed by atoms with Crippen LogP contribution in [0.25, 0.3) is 11.4 Å². The summed E-state index contributed by atoms with van der Waals surface area (Å²) >= 11 is 0. The van der Waals surface area contributed by atoms with Gasteiger partial charge in [-0.05, 0) is 62.0 Å². The molecule has 0 unspecified atom stereocenters. The molecule has 3 heteroatoms. The first-order valence-electron chi connectivity index (χ1n) is 13.5. The molecule has 1 aromatic heterocycles. The van der Waals surface area contributed by atoms with E-state index in [0.717, 1.165) is 49.9 Å². The fraction of sp³-hybridized carbons (Fsp3) is 0.633. The Morgan fingerprint density at radius 1 is 0.848 bits per heavy atom. The molecule has 178 valence electrons. The summed E-state index contributed by atoms with van der Waals surface area (Å²) in [5, 5.41) is 9.81. The zero-order valence-electron chi connectivity index (χ0n) is 21.0. The van der Waals surface area contributed by atoms with E-state index >= 15 is 0 Å².